The predicted molar refractivity (Wildman–Crippen MR) is 49.2 cm³/mol. The standard InChI is InChI=1S/C10H14N2O2/c11-6-12-8-1-2-9(12)4-7(3-8)5-10(13)14/h7-9H,1-5H2,(H,13,14). The van der Waals surface area contributed by atoms with Gasteiger partial charge in [-0.1, -0.05) is 0 Å². The third kappa shape index (κ3) is 1.54. The number of hydrogen-bond donors (Lipinski definition) is 1. The molecule has 4 heteroatoms. The molecule has 2 heterocycles. The lowest BCUT2D eigenvalue weighted by Gasteiger charge is -2.34. The van der Waals surface area contributed by atoms with E-state index in [2.05, 4.69) is 6.19 Å². The number of hydrogen-bond acceptors (Lipinski definition) is 3. The second kappa shape index (κ2) is 3.49. The number of piperidine rings is 1. The lowest BCUT2D eigenvalue weighted by atomic mass is 9.88. The molecule has 0 saturated carbocycles. The van der Waals surface area contributed by atoms with Crippen LogP contribution in [0.4, 0.5) is 0 Å². The highest BCUT2D eigenvalue weighted by Crippen LogP contribution is 2.39. The highest BCUT2D eigenvalue weighted by molar-refractivity contribution is 5.67. The Morgan fingerprint density at radius 3 is 2.43 bits per heavy atom. The molecule has 2 rings (SSSR count). The Morgan fingerprint density at radius 2 is 2.00 bits per heavy atom. The summed E-state index contributed by atoms with van der Waals surface area (Å²) in [5, 5.41) is 17.6. The summed E-state index contributed by atoms with van der Waals surface area (Å²) in [7, 11) is 0. The summed E-state index contributed by atoms with van der Waals surface area (Å²) in [5.41, 5.74) is 0. The first-order chi connectivity index (χ1) is 6.70. The summed E-state index contributed by atoms with van der Waals surface area (Å²) in [4.78, 5) is 12.4. The molecule has 4 nitrogen and oxygen atoms in total. The molecule has 0 spiro atoms. The molecule has 0 aromatic carbocycles. The fraction of sp³-hybridized carbons (Fsp3) is 0.800. The number of carboxylic acids is 1. The molecule has 2 fully saturated rings. The minimum absolute atomic E-state index is 0.270. The molecule has 2 saturated heterocycles. The largest absolute Gasteiger partial charge is 0.481 e. The number of nitrogens with zero attached hydrogens (tertiary/aromatic N) is 2. The first-order valence-corrected chi connectivity index (χ1v) is 5.10. The Labute approximate surface area is 83.1 Å². The zero-order chi connectivity index (χ0) is 10.1. The third-order valence-electron chi connectivity index (χ3n) is 3.41. The van der Waals surface area contributed by atoms with Crippen molar-refractivity contribution in [2.75, 3.05) is 0 Å². The molecule has 76 valence electrons. The van der Waals surface area contributed by atoms with Crippen LogP contribution in [0.15, 0.2) is 0 Å². The van der Waals surface area contributed by atoms with Gasteiger partial charge in [0.2, 0.25) is 0 Å². The summed E-state index contributed by atoms with van der Waals surface area (Å²) in [6, 6.07) is 0.645. The number of aliphatic carboxylic acids is 1. The van der Waals surface area contributed by atoms with Crippen LogP contribution >= 0.6 is 0 Å². The maximum atomic E-state index is 10.6. The van der Waals surface area contributed by atoms with Crippen LogP contribution < -0.4 is 0 Å². The Bertz CT molecular complexity index is 270. The van der Waals surface area contributed by atoms with E-state index in [1.807, 2.05) is 4.90 Å². The second-order valence-corrected chi connectivity index (χ2v) is 4.33. The molecule has 2 aliphatic rings. The van der Waals surface area contributed by atoms with E-state index in [-0.39, 0.29) is 12.3 Å². The van der Waals surface area contributed by atoms with Crippen LogP contribution in [0.1, 0.15) is 32.1 Å². The maximum Gasteiger partial charge on any atom is 0.303 e. The number of nitriles is 1. The highest BCUT2D eigenvalue weighted by Gasteiger charge is 2.40. The van der Waals surface area contributed by atoms with Gasteiger partial charge in [-0.25, -0.2) is 0 Å². The van der Waals surface area contributed by atoms with Crippen LogP contribution in [0.3, 0.4) is 0 Å². The van der Waals surface area contributed by atoms with Gasteiger partial charge in [0.25, 0.3) is 0 Å². The molecule has 0 amide bonds. The summed E-state index contributed by atoms with van der Waals surface area (Å²) >= 11 is 0. The summed E-state index contributed by atoms with van der Waals surface area (Å²) in [6.45, 7) is 0. The number of carboxylic acid groups (broad SMARTS) is 1. The molecule has 1 N–H and O–H groups in total. The van der Waals surface area contributed by atoms with Crippen molar-refractivity contribution in [3.63, 3.8) is 0 Å². The van der Waals surface area contributed by atoms with Gasteiger partial charge in [-0.15, -0.1) is 0 Å². The Balaban J connectivity index is 1.99. The SMILES string of the molecule is N#CN1C2CCC1CC(CC(=O)O)C2. The first kappa shape index (κ1) is 9.32. The quantitative estimate of drug-likeness (QED) is 0.670. The highest BCUT2D eigenvalue weighted by atomic mass is 16.4. The fourth-order valence-corrected chi connectivity index (χ4v) is 2.87. The maximum absolute atomic E-state index is 10.6. The van der Waals surface area contributed by atoms with Crippen LogP contribution in [-0.4, -0.2) is 28.1 Å². The summed E-state index contributed by atoms with van der Waals surface area (Å²) < 4.78 is 0. The Hall–Kier alpha value is -1.24. The second-order valence-electron chi connectivity index (χ2n) is 4.33. The van der Waals surface area contributed by atoms with Gasteiger partial charge in [-0.2, -0.15) is 5.26 Å². The molecule has 2 atom stereocenters. The predicted octanol–water partition coefficient (Wildman–Crippen LogP) is 1.19. The molecule has 0 radical (unpaired) electrons. The van der Waals surface area contributed by atoms with E-state index in [1.54, 1.807) is 0 Å². The molecular formula is C10H14N2O2. The van der Waals surface area contributed by atoms with Gasteiger partial charge in [0.15, 0.2) is 6.19 Å². The summed E-state index contributed by atoms with van der Waals surface area (Å²) in [6.07, 6.45) is 6.39. The van der Waals surface area contributed by atoms with Crippen molar-refractivity contribution in [3.8, 4) is 6.19 Å². The van der Waals surface area contributed by atoms with Crippen molar-refractivity contribution < 1.29 is 9.90 Å². The van der Waals surface area contributed by atoms with E-state index in [0.717, 1.165) is 25.7 Å². The van der Waals surface area contributed by atoms with Crippen molar-refractivity contribution in [3.05, 3.63) is 0 Å². The number of rotatable bonds is 2. The first-order valence-electron chi connectivity index (χ1n) is 5.10. The normalized spacial score (nSPS) is 35.4. The molecule has 2 aliphatic heterocycles. The average molecular weight is 194 g/mol. The van der Waals surface area contributed by atoms with Crippen LogP contribution in [-0.2, 0) is 4.79 Å². The van der Waals surface area contributed by atoms with E-state index in [0.29, 0.717) is 12.1 Å². The van der Waals surface area contributed by atoms with Crippen molar-refractivity contribution in [2.45, 2.75) is 44.2 Å². The van der Waals surface area contributed by atoms with E-state index in [1.165, 1.54) is 0 Å². The van der Waals surface area contributed by atoms with Gasteiger partial charge in [0, 0.05) is 18.5 Å². The van der Waals surface area contributed by atoms with Crippen molar-refractivity contribution in [1.82, 2.24) is 4.90 Å². The van der Waals surface area contributed by atoms with E-state index in [9.17, 15) is 4.79 Å². The minimum atomic E-state index is -0.709. The number of carbonyl (C=O) groups is 1. The van der Waals surface area contributed by atoms with Crippen LogP contribution in [0, 0.1) is 17.4 Å². The lowest BCUT2D eigenvalue weighted by Crippen LogP contribution is -2.39. The van der Waals surface area contributed by atoms with Gasteiger partial charge in [-0.3, -0.25) is 4.79 Å². The van der Waals surface area contributed by atoms with Crippen molar-refractivity contribution in [2.24, 2.45) is 5.92 Å². The van der Waals surface area contributed by atoms with Crippen molar-refractivity contribution >= 4 is 5.97 Å². The summed E-state index contributed by atoms with van der Waals surface area (Å²) in [5.74, 6) is -0.422. The van der Waals surface area contributed by atoms with Crippen molar-refractivity contribution in [1.29, 1.82) is 5.26 Å². The van der Waals surface area contributed by atoms with Gasteiger partial charge in [0.1, 0.15) is 0 Å². The number of fused-ring (bicyclic) bond motifs is 2. The zero-order valence-corrected chi connectivity index (χ0v) is 8.02. The minimum Gasteiger partial charge on any atom is -0.481 e. The monoisotopic (exact) mass is 194 g/mol. The molecule has 0 aromatic rings. The van der Waals surface area contributed by atoms with Gasteiger partial charge in [0.05, 0.1) is 0 Å². The smallest absolute Gasteiger partial charge is 0.303 e. The van der Waals surface area contributed by atoms with E-state index < -0.39 is 5.97 Å². The average Bonchev–Trinajstić information content (AvgIpc) is 2.36. The molecule has 14 heavy (non-hydrogen) atoms. The van der Waals surface area contributed by atoms with Gasteiger partial charge >= 0.3 is 5.97 Å². The van der Waals surface area contributed by atoms with Crippen LogP contribution in [0.2, 0.25) is 0 Å². The van der Waals surface area contributed by atoms with E-state index >= 15 is 0 Å². The molecular weight excluding hydrogens is 180 g/mol. The molecule has 2 unspecified atom stereocenters. The molecule has 2 bridgehead atoms. The third-order valence-corrected chi connectivity index (χ3v) is 3.41. The topological polar surface area (TPSA) is 64.3 Å². The Kier molecular flexibility index (Phi) is 2.32. The zero-order valence-electron chi connectivity index (χ0n) is 8.02. The Morgan fingerprint density at radius 1 is 1.43 bits per heavy atom. The lowest BCUT2D eigenvalue weighted by molar-refractivity contribution is -0.138. The van der Waals surface area contributed by atoms with Crippen LogP contribution in [0.5, 0.6) is 0 Å². The molecule has 0 aliphatic carbocycles. The van der Waals surface area contributed by atoms with E-state index in [4.69, 9.17) is 10.4 Å². The van der Waals surface area contributed by atoms with Gasteiger partial charge < -0.3 is 10.0 Å². The fourth-order valence-electron chi connectivity index (χ4n) is 2.87. The van der Waals surface area contributed by atoms with Crippen LogP contribution in [0.25, 0.3) is 0 Å². The van der Waals surface area contributed by atoms with Gasteiger partial charge in [-0.05, 0) is 31.6 Å². The molecule has 0 aromatic heterocycles.